The number of carboxylic acid groups (broad SMARTS) is 1. The number of hydrogen-bond acceptors (Lipinski definition) is 5. The van der Waals surface area contributed by atoms with Crippen LogP contribution < -0.4 is 0 Å². The highest BCUT2D eigenvalue weighted by Crippen LogP contribution is 2.01. The van der Waals surface area contributed by atoms with Gasteiger partial charge in [0.05, 0.1) is 12.7 Å². The second kappa shape index (κ2) is 4.33. The van der Waals surface area contributed by atoms with Crippen LogP contribution in [0.1, 0.15) is 20.8 Å². The summed E-state index contributed by atoms with van der Waals surface area (Å²) in [5.41, 5.74) is -0.0178. The van der Waals surface area contributed by atoms with Crippen LogP contribution in [-0.4, -0.2) is 29.1 Å². The van der Waals surface area contributed by atoms with E-state index < -0.39 is 11.9 Å². The first-order valence-electron chi connectivity index (χ1n) is 3.59. The van der Waals surface area contributed by atoms with Crippen LogP contribution in [0.4, 0.5) is 0 Å². The van der Waals surface area contributed by atoms with E-state index in [9.17, 15) is 9.59 Å². The highest BCUT2D eigenvalue weighted by molar-refractivity contribution is 5.90. The van der Waals surface area contributed by atoms with Crippen molar-refractivity contribution in [2.45, 2.75) is 0 Å². The lowest BCUT2D eigenvalue weighted by molar-refractivity contribution is -0.216. The molecule has 0 fully saturated rings. The normalized spacial score (nSPS) is 9.50. The maximum absolute atomic E-state index is 11.0. The molecule has 1 N–H and O–H groups in total. The van der Waals surface area contributed by atoms with Gasteiger partial charge in [-0.25, -0.2) is 14.6 Å². The van der Waals surface area contributed by atoms with Gasteiger partial charge in [0.15, 0.2) is 5.69 Å². The number of aromatic carboxylic acids is 1. The van der Waals surface area contributed by atoms with Gasteiger partial charge in [-0.1, -0.05) is 0 Å². The topological polar surface area (TPSA) is 85.7 Å². The molecule has 1 heterocycles. The summed E-state index contributed by atoms with van der Waals surface area (Å²) in [4.78, 5) is 33.3. The van der Waals surface area contributed by atoms with Crippen LogP contribution in [-0.2, 0) is 9.78 Å². The fourth-order valence-corrected chi connectivity index (χ4v) is 0.759. The molecule has 1 aromatic heterocycles. The number of carboxylic acids is 1. The van der Waals surface area contributed by atoms with Gasteiger partial charge in [0.25, 0.3) is 0 Å². The van der Waals surface area contributed by atoms with Gasteiger partial charge in [0.2, 0.25) is 0 Å². The zero-order chi connectivity index (χ0) is 10.6. The van der Waals surface area contributed by atoms with Crippen LogP contribution in [0.15, 0.2) is 18.3 Å². The Bertz CT molecular complexity index is 345. The third-order valence-electron chi connectivity index (χ3n) is 1.38. The molecular weight excluding hydrogens is 190 g/mol. The Morgan fingerprint density at radius 1 is 1.43 bits per heavy atom. The average Bonchev–Trinajstić information content (AvgIpc) is 2.18. The SMILES string of the molecule is COOC(=O)c1ccc(C(=O)O)cn1. The van der Waals surface area contributed by atoms with Gasteiger partial charge in [0.1, 0.15) is 0 Å². The van der Waals surface area contributed by atoms with Gasteiger partial charge in [0, 0.05) is 6.20 Å². The Balaban J connectivity index is 2.83. The molecule has 0 bridgehead atoms. The number of carbonyl (C=O) groups excluding carboxylic acids is 1. The molecule has 1 aromatic rings. The monoisotopic (exact) mass is 197 g/mol. The fraction of sp³-hybridized carbons (Fsp3) is 0.125. The number of aromatic nitrogens is 1. The molecule has 0 aliphatic carbocycles. The molecule has 0 radical (unpaired) electrons. The zero-order valence-electron chi connectivity index (χ0n) is 7.26. The quantitative estimate of drug-likeness (QED) is 0.560. The molecule has 0 aliphatic rings. The smallest absolute Gasteiger partial charge is 0.391 e. The summed E-state index contributed by atoms with van der Waals surface area (Å²) < 4.78 is 0. The largest absolute Gasteiger partial charge is 0.478 e. The lowest BCUT2D eigenvalue weighted by atomic mass is 10.2. The molecule has 0 aliphatic heterocycles. The molecule has 0 unspecified atom stereocenters. The van der Waals surface area contributed by atoms with E-state index in [0.29, 0.717) is 0 Å². The maximum atomic E-state index is 11.0. The van der Waals surface area contributed by atoms with Crippen LogP contribution in [0.3, 0.4) is 0 Å². The summed E-state index contributed by atoms with van der Waals surface area (Å²) >= 11 is 0. The Kier molecular flexibility index (Phi) is 3.14. The fourth-order valence-electron chi connectivity index (χ4n) is 0.759. The minimum atomic E-state index is -1.11. The average molecular weight is 197 g/mol. The van der Waals surface area contributed by atoms with Crippen molar-refractivity contribution in [2.75, 3.05) is 7.11 Å². The molecule has 0 spiro atoms. The highest BCUT2D eigenvalue weighted by Gasteiger charge is 2.10. The van der Waals surface area contributed by atoms with Crippen molar-refractivity contribution in [1.82, 2.24) is 4.98 Å². The Morgan fingerprint density at radius 3 is 2.57 bits per heavy atom. The first kappa shape index (κ1) is 10.1. The van der Waals surface area contributed by atoms with Crippen LogP contribution in [0.25, 0.3) is 0 Å². The van der Waals surface area contributed by atoms with Crippen molar-refractivity contribution in [1.29, 1.82) is 0 Å². The first-order valence-corrected chi connectivity index (χ1v) is 3.59. The van der Waals surface area contributed by atoms with Gasteiger partial charge in [-0.05, 0) is 12.1 Å². The molecular formula is C8H7NO5. The third-order valence-corrected chi connectivity index (χ3v) is 1.38. The number of rotatable bonds is 3. The van der Waals surface area contributed by atoms with Crippen molar-refractivity contribution in [3.8, 4) is 0 Å². The van der Waals surface area contributed by atoms with E-state index in [2.05, 4.69) is 14.8 Å². The molecule has 6 nitrogen and oxygen atoms in total. The molecule has 0 saturated heterocycles. The van der Waals surface area contributed by atoms with Crippen molar-refractivity contribution in [3.05, 3.63) is 29.6 Å². The van der Waals surface area contributed by atoms with E-state index >= 15 is 0 Å². The van der Waals surface area contributed by atoms with Crippen LogP contribution >= 0.6 is 0 Å². The summed E-state index contributed by atoms with van der Waals surface area (Å²) in [5.74, 6) is -1.88. The molecule has 0 aromatic carbocycles. The lowest BCUT2D eigenvalue weighted by Gasteiger charge is -1.98. The molecule has 74 valence electrons. The van der Waals surface area contributed by atoms with Gasteiger partial charge in [-0.3, -0.25) is 4.89 Å². The van der Waals surface area contributed by atoms with Gasteiger partial charge in [-0.15, -0.1) is 0 Å². The molecule has 0 saturated carbocycles. The Morgan fingerprint density at radius 2 is 2.14 bits per heavy atom. The predicted molar refractivity (Wildman–Crippen MR) is 43.6 cm³/mol. The van der Waals surface area contributed by atoms with Crippen molar-refractivity contribution < 1.29 is 24.5 Å². The van der Waals surface area contributed by atoms with E-state index in [0.717, 1.165) is 6.20 Å². The molecule has 14 heavy (non-hydrogen) atoms. The molecule has 1 rings (SSSR count). The van der Waals surface area contributed by atoms with E-state index in [-0.39, 0.29) is 11.3 Å². The summed E-state index contributed by atoms with van der Waals surface area (Å²) in [6, 6.07) is 2.49. The van der Waals surface area contributed by atoms with E-state index in [1.807, 2.05) is 0 Å². The predicted octanol–water partition coefficient (Wildman–Crippen LogP) is 0.498. The van der Waals surface area contributed by atoms with Gasteiger partial charge in [-0.2, -0.15) is 4.89 Å². The second-order valence-corrected chi connectivity index (χ2v) is 2.27. The summed E-state index contributed by atoms with van der Waals surface area (Å²) in [7, 11) is 1.18. The molecule has 0 amide bonds. The first-order chi connectivity index (χ1) is 6.65. The molecule has 6 heteroatoms. The number of hydrogen-bond donors (Lipinski definition) is 1. The minimum Gasteiger partial charge on any atom is -0.478 e. The van der Waals surface area contributed by atoms with Crippen molar-refractivity contribution >= 4 is 11.9 Å². The van der Waals surface area contributed by atoms with Crippen molar-refractivity contribution in [2.24, 2.45) is 0 Å². The van der Waals surface area contributed by atoms with Crippen LogP contribution in [0.2, 0.25) is 0 Å². The highest BCUT2D eigenvalue weighted by atomic mass is 17.2. The number of pyridine rings is 1. The Hall–Kier alpha value is -1.95. The summed E-state index contributed by atoms with van der Waals surface area (Å²) in [6.07, 6.45) is 1.06. The maximum Gasteiger partial charge on any atom is 0.391 e. The second-order valence-electron chi connectivity index (χ2n) is 2.27. The van der Waals surface area contributed by atoms with E-state index in [1.54, 1.807) is 0 Å². The summed E-state index contributed by atoms with van der Waals surface area (Å²) in [5, 5.41) is 8.54. The number of nitrogens with zero attached hydrogens (tertiary/aromatic N) is 1. The van der Waals surface area contributed by atoms with Gasteiger partial charge >= 0.3 is 11.9 Å². The van der Waals surface area contributed by atoms with Crippen LogP contribution in [0.5, 0.6) is 0 Å². The van der Waals surface area contributed by atoms with Crippen molar-refractivity contribution in [3.63, 3.8) is 0 Å². The Labute approximate surface area is 79.0 Å². The van der Waals surface area contributed by atoms with E-state index in [4.69, 9.17) is 5.11 Å². The zero-order valence-corrected chi connectivity index (χ0v) is 7.26. The molecule has 0 atom stereocenters. The van der Waals surface area contributed by atoms with Crippen LogP contribution in [0, 0.1) is 0 Å². The third kappa shape index (κ3) is 2.27. The number of carbonyl (C=O) groups is 2. The standard InChI is InChI=1S/C8H7NO5/c1-13-14-8(12)6-3-2-5(4-9-6)7(10)11/h2-4H,1H3,(H,10,11). The van der Waals surface area contributed by atoms with E-state index in [1.165, 1.54) is 19.2 Å². The summed E-state index contributed by atoms with van der Waals surface area (Å²) in [6.45, 7) is 0. The van der Waals surface area contributed by atoms with Gasteiger partial charge < -0.3 is 5.11 Å². The minimum absolute atomic E-state index is 0.000957. The lowest BCUT2D eigenvalue weighted by Crippen LogP contribution is -2.07.